The van der Waals surface area contributed by atoms with E-state index in [4.69, 9.17) is 5.73 Å². The van der Waals surface area contributed by atoms with Crippen LogP contribution in [0.15, 0.2) is 4.90 Å². The fourth-order valence-electron chi connectivity index (χ4n) is 2.53. The summed E-state index contributed by atoms with van der Waals surface area (Å²) in [6, 6.07) is 0. The molecular formula is C12H23N5O2S. The van der Waals surface area contributed by atoms with Gasteiger partial charge in [-0.3, -0.25) is 4.68 Å². The molecule has 0 amide bonds. The minimum absolute atomic E-state index is 0.0528. The molecule has 0 aliphatic carbocycles. The Balaban J connectivity index is 1.90. The SMILES string of the molecule is Cc1c(S(=O)(=O)NCCCN2CCCC2)c(N)nn1C. The van der Waals surface area contributed by atoms with E-state index in [0.29, 0.717) is 12.2 Å². The average molecular weight is 301 g/mol. The summed E-state index contributed by atoms with van der Waals surface area (Å²) in [6.07, 6.45) is 3.30. The van der Waals surface area contributed by atoms with Crippen molar-refractivity contribution in [1.82, 2.24) is 19.4 Å². The van der Waals surface area contributed by atoms with E-state index in [1.54, 1.807) is 14.0 Å². The zero-order valence-corrected chi connectivity index (χ0v) is 12.9. The van der Waals surface area contributed by atoms with E-state index >= 15 is 0 Å². The van der Waals surface area contributed by atoms with Gasteiger partial charge < -0.3 is 10.6 Å². The maximum atomic E-state index is 12.2. The summed E-state index contributed by atoms with van der Waals surface area (Å²) in [4.78, 5) is 2.46. The lowest BCUT2D eigenvalue weighted by molar-refractivity contribution is 0.334. The van der Waals surface area contributed by atoms with E-state index in [1.807, 2.05) is 0 Å². The third kappa shape index (κ3) is 3.31. The molecule has 0 atom stereocenters. The highest BCUT2D eigenvalue weighted by Gasteiger charge is 2.24. The topological polar surface area (TPSA) is 93.2 Å². The summed E-state index contributed by atoms with van der Waals surface area (Å²) in [5.41, 5.74) is 6.22. The third-order valence-corrected chi connectivity index (χ3v) is 5.34. The molecule has 1 fully saturated rings. The van der Waals surface area contributed by atoms with Gasteiger partial charge in [-0.2, -0.15) is 5.10 Å². The molecule has 2 rings (SSSR count). The zero-order chi connectivity index (χ0) is 14.8. The minimum atomic E-state index is -3.57. The van der Waals surface area contributed by atoms with Gasteiger partial charge in [-0.15, -0.1) is 0 Å². The van der Waals surface area contributed by atoms with Crippen LogP contribution >= 0.6 is 0 Å². The number of sulfonamides is 1. The van der Waals surface area contributed by atoms with Crippen molar-refractivity contribution in [1.29, 1.82) is 0 Å². The number of nitrogens with one attached hydrogen (secondary N) is 1. The molecule has 0 bridgehead atoms. The Labute approximate surface area is 120 Å². The van der Waals surface area contributed by atoms with Crippen LogP contribution < -0.4 is 10.5 Å². The summed E-state index contributed by atoms with van der Waals surface area (Å²) in [6.45, 7) is 5.31. The first-order chi connectivity index (χ1) is 9.42. The van der Waals surface area contributed by atoms with E-state index in [-0.39, 0.29) is 10.7 Å². The van der Waals surface area contributed by atoms with Crippen molar-refractivity contribution < 1.29 is 8.42 Å². The number of nitrogens with two attached hydrogens (primary N) is 1. The molecule has 1 aliphatic rings. The van der Waals surface area contributed by atoms with Gasteiger partial charge in [0.15, 0.2) is 5.82 Å². The maximum Gasteiger partial charge on any atom is 0.246 e. The number of nitrogen functional groups attached to an aromatic ring is 1. The van der Waals surface area contributed by atoms with Crippen LogP contribution in [0.2, 0.25) is 0 Å². The molecule has 0 spiro atoms. The molecule has 0 saturated carbocycles. The smallest absolute Gasteiger partial charge is 0.246 e. The van der Waals surface area contributed by atoms with Gasteiger partial charge >= 0.3 is 0 Å². The number of anilines is 1. The molecule has 114 valence electrons. The molecule has 0 radical (unpaired) electrons. The molecule has 1 aromatic rings. The van der Waals surface area contributed by atoms with Gasteiger partial charge in [0.05, 0.1) is 5.69 Å². The average Bonchev–Trinajstić information content (AvgIpc) is 2.95. The van der Waals surface area contributed by atoms with Crippen molar-refractivity contribution in [3.05, 3.63) is 5.69 Å². The first-order valence-corrected chi connectivity index (χ1v) is 8.41. The van der Waals surface area contributed by atoms with E-state index in [0.717, 1.165) is 26.1 Å². The normalized spacial score (nSPS) is 16.9. The summed E-state index contributed by atoms with van der Waals surface area (Å²) >= 11 is 0. The van der Waals surface area contributed by atoms with Crippen molar-refractivity contribution in [2.75, 3.05) is 31.9 Å². The van der Waals surface area contributed by atoms with Crippen molar-refractivity contribution >= 4 is 15.8 Å². The van der Waals surface area contributed by atoms with E-state index in [9.17, 15) is 8.42 Å². The highest BCUT2D eigenvalue weighted by atomic mass is 32.2. The van der Waals surface area contributed by atoms with Crippen LogP contribution in [-0.4, -0.2) is 49.3 Å². The van der Waals surface area contributed by atoms with Gasteiger partial charge in [0.25, 0.3) is 0 Å². The molecule has 0 unspecified atom stereocenters. The fourth-order valence-corrected chi connectivity index (χ4v) is 3.93. The zero-order valence-electron chi connectivity index (χ0n) is 12.1. The van der Waals surface area contributed by atoms with Crippen LogP contribution in [0.3, 0.4) is 0 Å². The standard InChI is InChI=1S/C12H23N5O2S/c1-10-11(12(13)15-16(10)2)20(18,19)14-6-5-9-17-7-3-4-8-17/h14H,3-9H2,1-2H3,(H2,13,15). The highest BCUT2D eigenvalue weighted by molar-refractivity contribution is 7.89. The predicted molar refractivity (Wildman–Crippen MR) is 77.8 cm³/mol. The maximum absolute atomic E-state index is 12.2. The summed E-state index contributed by atoms with van der Waals surface area (Å²) in [5.74, 6) is 0.0528. The lowest BCUT2D eigenvalue weighted by Crippen LogP contribution is -2.29. The van der Waals surface area contributed by atoms with Gasteiger partial charge in [-0.05, 0) is 45.8 Å². The lowest BCUT2D eigenvalue weighted by atomic mass is 10.4. The second-order valence-electron chi connectivity index (χ2n) is 5.22. The summed E-state index contributed by atoms with van der Waals surface area (Å²) in [7, 11) is -1.89. The van der Waals surface area contributed by atoms with E-state index < -0.39 is 10.0 Å². The van der Waals surface area contributed by atoms with Crippen molar-refractivity contribution in [2.24, 2.45) is 7.05 Å². The molecule has 1 aliphatic heterocycles. The molecule has 1 aromatic heterocycles. The monoisotopic (exact) mass is 301 g/mol. The number of hydrogen-bond donors (Lipinski definition) is 2. The second-order valence-corrected chi connectivity index (χ2v) is 6.93. The molecule has 0 aromatic carbocycles. The minimum Gasteiger partial charge on any atom is -0.381 e. The Hall–Kier alpha value is -1.12. The van der Waals surface area contributed by atoms with Crippen LogP contribution in [-0.2, 0) is 17.1 Å². The van der Waals surface area contributed by atoms with Crippen LogP contribution in [0.4, 0.5) is 5.82 Å². The predicted octanol–water partition coefficient (Wildman–Crippen LogP) is 0.0749. The number of rotatable bonds is 6. The van der Waals surface area contributed by atoms with Crippen molar-refractivity contribution in [2.45, 2.75) is 31.1 Å². The van der Waals surface area contributed by atoms with Crippen LogP contribution in [0.5, 0.6) is 0 Å². The number of aryl methyl sites for hydroxylation is 1. The quantitative estimate of drug-likeness (QED) is 0.726. The number of likely N-dealkylation sites (tertiary alicyclic amines) is 1. The van der Waals surface area contributed by atoms with Crippen LogP contribution in [0, 0.1) is 6.92 Å². The van der Waals surface area contributed by atoms with E-state index in [1.165, 1.54) is 17.5 Å². The van der Waals surface area contributed by atoms with Gasteiger partial charge in [0.2, 0.25) is 10.0 Å². The summed E-state index contributed by atoms with van der Waals surface area (Å²) < 4.78 is 28.5. The second kappa shape index (κ2) is 6.11. The van der Waals surface area contributed by atoms with Crippen LogP contribution in [0.1, 0.15) is 25.0 Å². The van der Waals surface area contributed by atoms with Crippen LogP contribution in [0.25, 0.3) is 0 Å². The molecule has 20 heavy (non-hydrogen) atoms. The van der Waals surface area contributed by atoms with E-state index in [2.05, 4.69) is 14.7 Å². The summed E-state index contributed by atoms with van der Waals surface area (Å²) in [5, 5.41) is 3.94. The fraction of sp³-hybridized carbons (Fsp3) is 0.750. The third-order valence-electron chi connectivity index (χ3n) is 3.72. The largest absolute Gasteiger partial charge is 0.381 e. The van der Waals surface area contributed by atoms with Gasteiger partial charge in [0, 0.05) is 13.6 Å². The van der Waals surface area contributed by atoms with Gasteiger partial charge in [-0.1, -0.05) is 0 Å². The molecular weight excluding hydrogens is 278 g/mol. The van der Waals surface area contributed by atoms with Crippen molar-refractivity contribution in [3.8, 4) is 0 Å². The molecule has 8 heteroatoms. The first-order valence-electron chi connectivity index (χ1n) is 6.93. The Bertz CT molecular complexity index is 561. The molecule has 1 saturated heterocycles. The van der Waals surface area contributed by atoms with Crippen molar-refractivity contribution in [3.63, 3.8) is 0 Å². The number of nitrogens with zero attached hydrogens (tertiary/aromatic N) is 3. The highest BCUT2D eigenvalue weighted by Crippen LogP contribution is 2.20. The Morgan fingerprint density at radius 3 is 2.55 bits per heavy atom. The number of aromatic nitrogens is 2. The molecule has 2 heterocycles. The Morgan fingerprint density at radius 1 is 1.35 bits per heavy atom. The molecule has 3 N–H and O–H groups in total. The first kappa shape index (κ1) is 15.3. The lowest BCUT2D eigenvalue weighted by Gasteiger charge is -2.14. The van der Waals surface area contributed by atoms with Gasteiger partial charge in [-0.25, -0.2) is 13.1 Å². The Morgan fingerprint density at radius 2 is 2.00 bits per heavy atom. The Kier molecular flexibility index (Phi) is 4.66. The molecule has 7 nitrogen and oxygen atoms in total. The number of hydrogen-bond acceptors (Lipinski definition) is 5. The van der Waals surface area contributed by atoms with Gasteiger partial charge in [0.1, 0.15) is 4.90 Å².